The van der Waals surface area contributed by atoms with Crippen molar-refractivity contribution in [3.05, 3.63) is 64.7 Å². The van der Waals surface area contributed by atoms with Gasteiger partial charge in [-0.15, -0.1) is 0 Å². The summed E-state index contributed by atoms with van der Waals surface area (Å²) in [6.45, 7) is 7.29. The van der Waals surface area contributed by atoms with Crippen LogP contribution in [0.25, 0.3) is 0 Å². The van der Waals surface area contributed by atoms with Crippen LogP contribution in [0, 0.1) is 20.8 Å². The number of aryl methyl sites for hydroxylation is 2. The average molecular weight is 354 g/mol. The van der Waals surface area contributed by atoms with Gasteiger partial charge in [0.2, 0.25) is 0 Å². The van der Waals surface area contributed by atoms with Gasteiger partial charge in [0, 0.05) is 5.56 Å². The van der Waals surface area contributed by atoms with Gasteiger partial charge < -0.3 is 4.74 Å². The van der Waals surface area contributed by atoms with Crippen LogP contribution in [0.3, 0.4) is 0 Å². The van der Waals surface area contributed by atoms with Gasteiger partial charge in [-0.05, 0) is 44.9 Å². The molecule has 2 amide bonds. The van der Waals surface area contributed by atoms with Gasteiger partial charge in [-0.1, -0.05) is 42.0 Å². The van der Waals surface area contributed by atoms with Gasteiger partial charge in [0.1, 0.15) is 5.75 Å². The molecule has 0 spiro atoms. The number of rotatable bonds is 5. The van der Waals surface area contributed by atoms with Crippen molar-refractivity contribution in [3.8, 4) is 5.75 Å². The average Bonchev–Trinajstić information content (AvgIpc) is 2.63. The molecule has 0 heterocycles. The fourth-order valence-corrected chi connectivity index (χ4v) is 2.21. The second-order valence-electron chi connectivity index (χ2n) is 6.10. The molecule has 6 heteroatoms. The van der Waals surface area contributed by atoms with Crippen molar-refractivity contribution in [2.24, 2.45) is 0 Å². The Balaban J connectivity index is 1.90. The summed E-state index contributed by atoms with van der Waals surface area (Å²) in [5.41, 5.74) is 7.55. The quantitative estimate of drug-likeness (QED) is 0.491. The maximum absolute atomic E-state index is 12.1. The number of nitrogens with one attached hydrogen (secondary N) is 2. The van der Waals surface area contributed by atoms with Gasteiger partial charge in [0.05, 0.1) is 0 Å². The van der Waals surface area contributed by atoms with Gasteiger partial charge in [-0.2, -0.15) is 0 Å². The van der Waals surface area contributed by atoms with E-state index in [1.54, 1.807) is 37.3 Å². The molecular formula is C20H22N2O4. The Morgan fingerprint density at radius 3 is 2.23 bits per heavy atom. The third kappa shape index (κ3) is 4.69. The molecule has 0 saturated carbocycles. The Bertz CT molecular complexity index is 828. The highest BCUT2D eigenvalue weighted by atomic mass is 16.5. The Morgan fingerprint density at radius 1 is 0.923 bits per heavy atom. The smallest absolute Gasteiger partial charge is 0.310 e. The highest BCUT2D eigenvalue weighted by Gasteiger charge is 2.20. The number of carbonyl (C=O) groups is 3. The molecule has 0 fully saturated rings. The van der Waals surface area contributed by atoms with Crippen molar-refractivity contribution in [2.45, 2.75) is 33.8 Å². The molecule has 0 radical (unpaired) electrons. The number of ketones is 1. The van der Waals surface area contributed by atoms with Crippen molar-refractivity contribution in [2.75, 3.05) is 0 Å². The number of ether oxygens (including phenoxy) is 1. The minimum absolute atomic E-state index is 0.252. The maximum Gasteiger partial charge on any atom is 0.310 e. The summed E-state index contributed by atoms with van der Waals surface area (Å²) in [6, 6.07) is 12.1. The second kappa shape index (κ2) is 8.29. The van der Waals surface area contributed by atoms with E-state index in [0.29, 0.717) is 5.75 Å². The Labute approximate surface area is 152 Å². The molecule has 26 heavy (non-hydrogen) atoms. The summed E-state index contributed by atoms with van der Waals surface area (Å²) in [5.74, 6) is -1.61. The fraction of sp³-hybridized carbons (Fsp3) is 0.250. The second-order valence-corrected chi connectivity index (χ2v) is 6.10. The molecule has 0 aromatic heterocycles. The number of carbonyl (C=O) groups excluding carboxylic acids is 3. The zero-order chi connectivity index (χ0) is 19.3. The molecule has 0 aliphatic carbocycles. The van der Waals surface area contributed by atoms with Crippen LogP contribution in [0.15, 0.2) is 42.5 Å². The van der Waals surface area contributed by atoms with Crippen LogP contribution in [0.5, 0.6) is 5.75 Å². The molecule has 0 aliphatic rings. The molecule has 0 aliphatic heterocycles. The predicted molar refractivity (Wildman–Crippen MR) is 97.8 cm³/mol. The standard InChI is InChI=1S/C20H22N2O4/c1-12-8-10-16(11-9-12)18(23)20(25)22-21-19(24)15(4)26-17-7-5-6-13(2)14(17)3/h5-11,15H,1-4H3,(H,21,24)(H,22,25). The lowest BCUT2D eigenvalue weighted by molar-refractivity contribution is -0.131. The van der Waals surface area contributed by atoms with Crippen LogP contribution in [0.4, 0.5) is 0 Å². The van der Waals surface area contributed by atoms with Crippen molar-refractivity contribution in [1.82, 2.24) is 10.9 Å². The van der Waals surface area contributed by atoms with E-state index in [4.69, 9.17) is 4.74 Å². The summed E-state index contributed by atoms with van der Waals surface area (Å²) < 4.78 is 5.63. The Morgan fingerprint density at radius 2 is 1.58 bits per heavy atom. The van der Waals surface area contributed by atoms with Gasteiger partial charge in [0.15, 0.2) is 6.10 Å². The summed E-state index contributed by atoms with van der Waals surface area (Å²) >= 11 is 0. The number of hydrogen-bond acceptors (Lipinski definition) is 4. The molecule has 0 saturated heterocycles. The molecule has 6 nitrogen and oxygen atoms in total. The minimum atomic E-state index is -0.916. The zero-order valence-electron chi connectivity index (χ0n) is 15.3. The first kappa shape index (κ1) is 19.2. The topological polar surface area (TPSA) is 84.5 Å². The molecule has 2 aromatic rings. The third-order valence-corrected chi connectivity index (χ3v) is 4.05. The largest absolute Gasteiger partial charge is 0.481 e. The summed E-state index contributed by atoms with van der Waals surface area (Å²) in [7, 11) is 0. The van der Waals surface area contributed by atoms with Crippen LogP contribution < -0.4 is 15.6 Å². The van der Waals surface area contributed by atoms with Crippen LogP contribution in [-0.2, 0) is 9.59 Å². The zero-order valence-corrected chi connectivity index (χ0v) is 15.3. The van der Waals surface area contributed by atoms with Crippen LogP contribution in [-0.4, -0.2) is 23.7 Å². The number of Topliss-reactive ketones (excluding diaryl/α,β-unsaturated/α-hetero) is 1. The van der Waals surface area contributed by atoms with Gasteiger partial charge in [-0.25, -0.2) is 0 Å². The molecule has 136 valence electrons. The first-order valence-electron chi connectivity index (χ1n) is 8.23. The number of benzene rings is 2. The fourth-order valence-electron chi connectivity index (χ4n) is 2.21. The third-order valence-electron chi connectivity index (χ3n) is 4.05. The van der Waals surface area contributed by atoms with Crippen molar-refractivity contribution >= 4 is 17.6 Å². The van der Waals surface area contributed by atoms with Gasteiger partial charge in [-0.3, -0.25) is 25.2 Å². The lowest BCUT2D eigenvalue weighted by Crippen LogP contribution is -2.49. The monoisotopic (exact) mass is 354 g/mol. The summed E-state index contributed by atoms with van der Waals surface area (Å²) in [4.78, 5) is 36.0. The van der Waals surface area contributed by atoms with Gasteiger partial charge >= 0.3 is 5.91 Å². The number of amides is 2. The van der Waals surface area contributed by atoms with Crippen molar-refractivity contribution in [3.63, 3.8) is 0 Å². The highest BCUT2D eigenvalue weighted by molar-refractivity contribution is 6.42. The molecule has 2 N–H and O–H groups in total. The molecule has 1 unspecified atom stereocenters. The molecule has 0 bridgehead atoms. The lowest BCUT2D eigenvalue weighted by Gasteiger charge is -2.17. The van der Waals surface area contributed by atoms with E-state index in [-0.39, 0.29) is 5.56 Å². The summed E-state index contributed by atoms with van der Waals surface area (Å²) in [5, 5.41) is 0. The van der Waals surface area contributed by atoms with Crippen molar-refractivity contribution < 1.29 is 19.1 Å². The van der Waals surface area contributed by atoms with E-state index >= 15 is 0 Å². The first-order chi connectivity index (χ1) is 12.3. The van der Waals surface area contributed by atoms with E-state index in [1.807, 2.05) is 32.9 Å². The van der Waals surface area contributed by atoms with Crippen molar-refractivity contribution in [1.29, 1.82) is 0 Å². The molecule has 2 rings (SSSR count). The minimum Gasteiger partial charge on any atom is -0.481 e. The Hall–Kier alpha value is -3.15. The Kier molecular flexibility index (Phi) is 6.11. The molecule has 1 atom stereocenters. The molecule has 2 aromatic carbocycles. The SMILES string of the molecule is Cc1ccc(C(=O)C(=O)NNC(=O)C(C)Oc2cccc(C)c2C)cc1. The van der Waals surface area contributed by atoms with Crippen LogP contribution in [0.2, 0.25) is 0 Å². The predicted octanol–water partition coefficient (Wildman–Crippen LogP) is 2.41. The highest BCUT2D eigenvalue weighted by Crippen LogP contribution is 2.21. The number of hydrazine groups is 1. The molecular weight excluding hydrogens is 332 g/mol. The van der Waals surface area contributed by atoms with Gasteiger partial charge in [0.25, 0.3) is 11.7 Å². The van der Waals surface area contributed by atoms with Crippen LogP contribution in [0.1, 0.15) is 34.0 Å². The summed E-state index contributed by atoms with van der Waals surface area (Å²) in [6.07, 6.45) is -0.842. The lowest BCUT2D eigenvalue weighted by atomic mass is 10.1. The first-order valence-corrected chi connectivity index (χ1v) is 8.23. The normalized spacial score (nSPS) is 11.4. The van der Waals surface area contributed by atoms with E-state index < -0.39 is 23.7 Å². The maximum atomic E-state index is 12.1. The van der Waals surface area contributed by atoms with Crippen LogP contribution >= 0.6 is 0 Å². The van der Waals surface area contributed by atoms with E-state index in [2.05, 4.69) is 10.9 Å². The number of hydrogen-bond donors (Lipinski definition) is 2. The van der Waals surface area contributed by atoms with E-state index in [1.165, 1.54) is 0 Å². The van der Waals surface area contributed by atoms with E-state index in [9.17, 15) is 14.4 Å². The van der Waals surface area contributed by atoms with E-state index in [0.717, 1.165) is 16.7 Å².